The van der Waals surface area contributed by atoms with Crippen molar-refractivity contribution in [1.29, 1.82) is 0 Å². The molecule has 1 aliphatic rings. The molecule has 3 aromatic heterocycles. The summed E-state index contributed by atoms with van der Waals surface area (Å²) in [5.74, 6) is 0.395. The smallest absolute Gasteiger partial charge is 0.320 e. The lowest BCUT2D eigenvalue weighted by Crippen LogP contribution is -2.41. The lowest BCUT2D eigenvalue weighted by atomic mass is 9.85. The fraction of sp³-hybridized carbons (Fsp3) is 0.400. The third-order valence-corrected chi connectivity index (χ3v) is 5.40. The van der Waals surface area contributed by atoms with Gasteiger partial charge in [0.05, 0.1) is 5.52 Å². The van der Waals surface area contributed by atoms with Crippen molar-refractivity contribution in [3.05, 3.63) is 36.5 Å². The number of carbonyl (C=O) groups excluding carboxylic acids is 1. The van der Waals surface area contributed by atoms with Crippen LogP contribution in [0.1, 0.15) is 39.0 Å². The maximum absolute atomic E-state index is 13.4. The molecule has 1 unspecified atom stereocenters. The van der Waals surface area contributed by atoms with Crippen molar-refractivity contribution >= 4 is 22.8 Å². The molecule has 1 saturated carbocycles. The third kappa shape index (κ3) is 3.95. The summed E-state index contributed by atoms with van der Waals surface area (Å²) in [6.07, 6.45) is 9.10. The number of nitrogens with one attached hydrogen (secondary N) is 3. The van der Waals surface area contributed by atoms with E-state index in [2.05, 4.69) is 37.7 Å². The Morgan fingerprint density at radius 2 is 2.07 bits per heavy atom. The van der Waals surface area contributed by atoms with Crippen molar-refractivity contribution in [1.82, 2.24) is 25.5 Å². The summed E-state index contributed by atoms with van der Waals surface area (Å²) in [6, 6.07) is 4.59. The van der Waals surface area contributed by atoms with Crippen LogP contribution in [-0.2, 0) is 0 Å². The van der Waals surface area contributed by atoms with Gasteiger partial charge in [0.15, 0.2) is 0 Å². The predicted molar refractivity (Wildman–Crippen MR) is 105 cm³/mol. The van der Waals surface area contributed by atoms with E-state index in [1.165, 1.54) is 31.5 Å². The van der Waals surface area contributed by atoms with E-state index >= 15 is 0 Å². The number of amides is 2. The lowest BCUT2D eigenvalue weighted by molar-refractivity contribution is 0.235. The normalized spacial score (nSPS) is 16.1. The number of hydrogen-bond donors (Lipinski definition) is 3. The van der Waals surface area contributed by atoms with Gasteiger partial charge in [0.1, 0.15) is 11.5 Å². The van der Waals surface area contributed by atoms with Crippen molar-refractivity contribution in [2.45, 2.75) is 45.1 Å². The lowest BCUT2D eigenvalue weighted by Gasteiger charge is -2.28. The Balaban J connectivity index is 1.45. The standard InChI is InChI=1S/C20H23FN6O/c1-12(13-5-3-2-4-6-13)24-20(28)25-18-10-16-15(11-23-18)19(27-26-16)14-7-8-22-17(21)9-14/h7-13H,2-6H2,1H3,(H,26,27)(H2,23,24,25,28). The van der Waals surface area contributed by atoms with Gasteiger partial charge in [-0.3, -0.25) is 10.4 Å². The monoisotopic (exact) mass is 382 g/mol. The van der Waals surface area contributed by atoms with E-state index in [1.807, 2.05) is 0 Å². The molecule has 3 aromatic rings. The van der Waals surface area contributed by atoms with Gasteiger partial charge in [-0.25, -0.2) is 14.8 Å². The Morgan fingerprint density at radius 1 is 1.25 bits per heavy atom. The number of urea groups is 1. The van der Waals surface area contributed by atoms with Gasteiger partial charge in [0, 0.05) is 41.5 Å². The highest BCUT2D eigenvalue weighted by molar-refractivity contribution is 5.95. The number of hydrogen-bond acceptors (Lipinski definition) is 4. The second-order valence-electron chi connectivity index (χ2n) is 7.34. The zero-order valence-corrected chi connectivity index (χ0v) is 15.7. The van der Waals surface area contributed by atoms with Crippen LogP contribution in [0.5, 0.6) is 0 Å². The first kappa shape index (κ1) is 18.3. The zero-order chi connectivity index (χ0) is 19.5. The molecular formula is C20H23FN6O. The topological polar surface area (TPSA) is 95.6 Å². The molecule has 8 heteroatoms. The van der Waals surface area contributed by atoms with Crippen LogP contribution in [0.15, 0.2) is 30.6 Å². The van der Waals surface area contributed by atoms with Gasteiger partial charge in [0.25, 0.3) is 0 Å². The van der Waals surface area contributed by atoms with Crippen molar-refractivity contribution in [2.24, 2.45) is 5.92 Å². The zero-order valence-electron chi connectivity index (χ0n) is 15.7. The second-order valence-corrected chi connectivity index (χ2v) is 7.34. The average molecular weight is 382 g/mol. The third-order valence-electron chi connectivity index (χ3n) is 5.40. The van der Waals surface area contributed by atoms with Crippen LogP contribution in [0.25, 0.3) is 22.2 Å². The number of rotatable bonds is 4. The minimum atomic E-state index is -0.566. The number of anilines is 1. The van der Waals surface area contributed by atoms with Gasteiger partial charge in [-0.2, -0.15) is 9.49 Å². The molecule has 1 atom stereocenters. The van der Waals surface area contributed by atoms with E-state index in [1.54, 1.807) is 18.3 Å². The number of H-pyrrole nitrogens is 1. The number of fused-ring (bicyclic) bond motifs is 1. The first-order valence-electron chi connectivity index (χ1n) is 9.64. The maximum Gasteiger partial charge on any atom is 0.320 e. The number of nitrogens with zero attached hydrogens (tertiary/aromatic N) is 3. The van der Waals surface area contributed by atoms with Crippen molar-refractivity contribution in [3.63, 3.8) is 0 Å². The summed E-state index contributed by atoms with van der Waals surface area (Å²) in [6.45, 7) is 2.06. The second kappa shape index (κ2) is 7.92. The largest absolute Gasteiger partial charge is 0.335 e. The van der Waals surface area contributed by atoms with Crippen LogP contribution in [0, 0.1) is 11.9 Å². The molecule has 28 heavy (non-hydrogen) atoms. The molecule has 4 rings (SSSR count). The first-order valence-corrected chi connectivity index (χ1v) is 9.64. The highest BCUT2D eigenvalue weighted by Gasteiger charge is 2.21. The van der Waals surface area contributed by atoms with E-state index in [0.717, 1.165) is 18.2 Å². The SMILES string of the molecule is CC(NC(=O)Nc1cc2[nH]nc(-c3ccnc(F)c3)c2cn1)C1CCCCC1. The van der Waals surface area contributed by atoms with E-state index < -0.39 is 5.95 Å². The van der Waals surface area contributed by atoms with Gasteiger partial charge < -0.3 is 5.32 Å². The summed E-state index contributed by atoms with van der Waals surface area (Å²) in [5, 5.41) is 13.7. The van der Waals surface area contributed by atoms with Crippen LogP contribution in [0.3, 0.4) is 0 Å². The van der Waals surface area contributed by atoms with Crippen LogP contribution in [-0.4, -0.2) is 32.2 Å². The minimum absolute atomic E-state index is 0.129. The Kier molecular flexibility index (Phi) is 5.18. The molecule has 0 bridgehead atoms. The summed E-state index contributed by atoms with van der Waals surface area (Å²) >= 11 is 0. The molecule has 7 nitrogen and oxygen atoms in total. The number of aromatic amines is 1. The molecule has 146 valence electrons. The summed E-state index contributed by atoms with van der Waals surface area (Å²) in [7, 11) is 0. The highest BCUT2D eigenvalue weighted by Crippen LogP contribution is 2.28. The predicted octanol–water partition coefficient (Wildman–Crippen LogP) is 4.25. The van der Waals surface area contributed by atoms with E-state index in [0.29, 0.717) is 28.5 Å². The molecule has 0 saturated heterocycles. The van der Waals surface area contributed by atoms with Crippen LogP contribution < -0.4 is 10.6 Å². The van der Waals surface area contributed by atoms with Gasteiger partial charge in [-0.15, -0.1) is 0 Å². The molecule has 3 heterocycles. The molecular weight excluding hydrogens is 359 g/mol. The van der Waals surface area contributed by atoms with Gasteiger partial charge in [-0.1, -0.05) is 19.3 Å². The van der Waals surface area contributed by atoms with Crippen molar-refractivity contribution in [2.75, 3.05) is 5.32 Å². The summed E-state index contributed by atoms with van der Waals surface area (Å²) in [5.41, 5.74) is 1.91. The Hall–Kier alpha value is -3.03. The molecule has 0 aromatic carbocycles. The highest BCUT2D eigenvalue weighted by atomic mass is 19.1. The average Bonchev–Trinajstić information content (AvgIpc) is 3.12. The Labute approximate surface area is 162 Å². The van der Waals surface area contributed by atoms with Crippen LogP contribution in [0.2, 0.25) is 0 Å². The minimum Gasteiger partial charge on any atom is -0.335 e. The molecule has 0 radical (unpaired) electrons. The van der Waals surface area contributed by atoms with Crippen LogP contribution >= 0.6 is 0 Å². The Bertz CT molecular complexity index is 982. The number of aromatic nitrogens is 4. The maximum atomic E-state index is 13.4. The number of pyridine rings is 2. The first-order chi connectivity index (χ1) is 13.6. The van der Waals surface area contributed by atoms with Gasteiger partial charge in [0.2, 0.25) is 5.95 Å². The fourth-order valence-electron chi connectivity index (χ4n) is 3.86. The fourth-order valence-corrected chi connectivity index (χ4v) is 3.86. The molecule has 1 aliphatic carbocycles. The molecule has 0 aliphatic heterocycles. The van der Waals surface area contributed by atoms with E-state index in [9.17, 15) is 9.18 Å². The van der Waals surface area contributed by atoms with E-state index in [-0.39, 0.29) is 12.1 Å². The van der Waals surface area contributed by atoms with E-state index in [4.69, 9.17) is 0 Å². The number of halogens is 1. The number of carbonyl (C=O) groups is 1. The summed E-state index contributed by atoms with van der Waals surface area (Å²) in [4.78, 5) is 20.2. The summed E-state index contributed by atoms with van der Waals surface area (Å²) < 4.78 is 13.4. The molecule has 2 amide bonds. The molecule has 3 N–H and O–H groups in total. The molecule has 0 spiro atoms. The van der Waals surface area contributed by atoms with Gasteiger partial charge in [-0.05, 0) is 31.7 Å². The quantitative estimate of drug-likeness (QED) is 0.588. The molecule has 1 fully saturated rings. The van der Waals surface area contributed by atoms with Crippen molar-refractivity contribution in [3.8, 4) is 11.3 Å². The Morgan fingerprint density at radius 3 is 2.86 bits per heavy atom. The van der Waals surface area contributed by atoms with Crippen molar-refractivity contribution < 1.29 is 9.18 Å². The van der Waals surface area contributed by atoms with Gasteiger partial charge >= 0.3 is 6.03 Å². The van der Waals surface area contributed by atoms with Crippen LogP contribution in [0.4, 0.5) is 15.0 Å².